The van der Waals surface area contributed by atoms with Gasteiger partial charge in [0, 0.05) is 22.8 Å². The number of pyridine rings is 1. The van der Waals surface area contributed by atoms with Crippen LogP contribution in [0, 0.1) is 6.92 Å². The predicted molar refractivity (Wildman–Crippen MR) is 48.1 cm³/mol. The van der Waals surface area contributed by atoms with E-state index >= 15 is 0 Å². The van der Waals surface area contributed by atoms with Crippen molar-refractivity contribution in [2.45, 2.75) is 20.3 Å². The summed E-state index contributed by atoms with van der Waals surface area (Å²) in [5.41, 5.74) is 3.21. The molecule has 0 atom stereocenters. The molecule has 12 heavy (non-hydrogen) atoms. The Morgan fingerprint density at radius 1 is 1.50 bits per heavy atom. The molecule has 0 fully saturated rings. The van der Waals surface area contributed by atoms with E-state index < -0.39 is 0 Å². The second kappa shape index (κ2) is 2.63. The first-order valence-electron chi connectivity index (χ1n) is 4.14. The van der Waals surface area contributed by atoms with E-state index in [2.05, 4.69) is 11.9 Å². The van der Waals surface area contributed by atoms with Crippen molar-refractivity contribution < 1.29 is 4.42 Å². The second-order valence-electron chi connectivity index (χ2n) is 2.89. The minimum Gasteiger partial charge on any atom is -0.464 e. The highest BCUT2D eigenvalue weighted by molar-refractivity contribution is 5.81. The Morgan fingerprint density at radius 3 is 3.08 bits per heavy atom. The topological polar surface area (TPSA) is 26.0 Å². The Hall–Kier alpha value is -1.31. The molecule has 2 rings (SSSR count). The Bertz CT molecular complexity index is 403. The Labute approximate surface area is 71.2 Å². The largest absolute Gasteiger partial charge is 0.464 e. The monoisotopic (exact) mass is 161 g/mol. The average Bonchev–Trinajstić information content (AvgIpc) is 2.54. The van der Waals surface area contributed by atoms with Gasteiger partial charge in [0.05, 0.1) is 6.26 Å². The normalized spacial score (nSPS) is 10.8. The zero-order chi connectivity index (χ0) is 8.55. The van der Waals surface area contributed by atoms with Crippen molar-refractivity contribution in [1.82, 2.24) is 4.98 Å². The molecular weight excluding hydrogens is 150 g/mol. The van der Waals surface area contributed by atoms with Gasteiger partial charge in [0.25, 0.3) is 0 Å². The summed E-state index contributed by atoms with van der Waals surface area (Å²) < 4.78 is 5.38. The molecule has 0 saturated carbocycles. The van der Waals surface area contributed by atoms with Gasteiger partial charge >= 0.3 is 0 Å². The first-order chi connectivity index (χ1) is 5.83. The number of nitrogens with zero attached hydrogens (tertiary/aromatic N) is 1. The van der Waals surface area contributed by atoms with Crippen LogP contribution in [0.2, 0.25) is 0 Å². The van der Waals surface area contributed by atoms with Crippen LogP contribution in [0.1, 0.15) is 18.2 Å². The van der Waals surface area contributed by atoms with Gasteiger partial charge in [-0.15, -0.1) is 0 Å². The van der Waals surface area contributed by atoms with Crippen molar-refractivity contribution in [3.8, 4) is 0 Å². The number of aromatic nitrogens is 1. The van der Waals surface area contributed by atoms with Gasteiger partial charge in [0.1, 0.15) is 5.58 Å². The lowest BCUT2D eigenvalue weighted by molar-refractivity contribution is 0.611. The van der Waals surface area contributed by atoms with E-state index in [1.165, 1.54) is 5.56 Å². The maximum atomic E-state index is 5.38. The van der Waals surface area contributed by atoms with Gasteiger partial charge in [-0.25, -0.2) is 0 Å². The molecule has 2 heteroatoms. The van der Waals surface area contributed by atoms with Gasteiger partial charge in [-0.05, 0) is 19.4 Å². The average molecular weight is 161 g/mol. The van der Waals surface area contributed by atoms with Gasteiger partial charge in [-0.3, -0.25) is 4.98 Å². The van der Waals surface area contributed by atoms with Gasteiger partial charge < -0.3 is 4.42 Å². The fraction of sp³-hybridized carbons (Fsp3) is 0.300. The molecule has 0 spiro atoms. The summed E-state index contributed by atoms with van der Waals surface area (Å²) in [6.45, 7) is 4.10. The van der Waals surface area contributed by atoms with Crippen molar-refractivity contribution in [2.75, 3.05) is 0 Å². The number of rotatable bonds is 1. The first-order valence-corrected chi connectivity index (χ1v) is 4.14. The maximum Gasteiger partial charge on any atom is 0.140 e. The fourth-order valence-electron chi connectivity index (χ4n) is 1.40. The van der Waals surface area contributed by atoms with Crippen LogP contribution in [0.3, 0.4) is 0 Å². The minimum atomic E-state index is 0.970. The zero-order valence-corrected chi connectivity index (χ0v) is 7.29. The van der Waals surface area contributed by atoms with E-state index in [1.807, 2.05) is 19.2 Å². The SMILES string of the molecule is CCc1cnc(C)c2ccoc12. The van der Waals surface area contributed by atoms with Gasteiger partial charge in [-0.1, -0.05) is 6.92 Å². The molecule has 0 unspecified atom stereocenters. The first kappa shape index (κ1) is 7.35. The maximum absolute atomic E-state index is 5.38. The zero-order valence-electron chi connectivity index (χ0n) is 7.29. The van der Waals surface area contributed by atoms with Crippen LogP contribution < -0.4 is 0 Å². The highest BCUT2D eigenvalue weighted by atomic mass is 16.3. The summed E-state index contributed by atoms with van der Waals surface area (Å²) in [7, 11) is 0. The summed E-state index contributed by atoms with van der Waals surface area (Å²) in [5.74, 6) is 0. The fourth-order valence-corrected chi connectivity index (χ4v) is 1.40. The van der Waals surface area contributed by atoms with Crippen LogP contribution in [0.5, 0.6) is 0 Å². The van der Waals surface area contributed by atoms with Crippen molar-refractivity contribution in [1.29, 1.82) is 0 Å². The lowest BCUT2D eigenvalue weighted by atomic mass is 10.1. The molecule has 0 N–H and O–H groups in total. The van der Waals surface area contributed by atoms with E-state index in [9.17, 15) is 0 Å². The molecule has 0 aliphatic rings. The number of furan rings is 1. The molecule has 0 radical (unpaired) electrons. The smallest absolute Gasteiger partial charge is 0.140 e. The highest BCUT2D eigenvalue weighted by Crippen LogP contribution is 2.21. The molecule has 0 amide bonds. The molecule has 0 aromatic carbocycles. The van der Waals surface area contributed by atoms with Crippen LogP contribution in [-0.4, -0.2) is 4.98 Å². The van der Waals surface area contributed by atoms with E-state index in [0.29, 0.717) is 0 Å². The molecule has 0 aliphatic heterocycles. The Balaban J connectivity index is 2.82. The molecule has 2 aromatic rings. The van der Waals surface area contributed by atoms with Crippen LogP contribution in [0.25, 0.3) is 11.0 Å². The van der Waals surface area contributed by atoms with Crippen molar-refractivity contribution in [3.63, 3.8) is 0 Å². The quantitative estimate of drug-likeness (QED) is 0.642. The minimum absolute atomic E-state index is 0.970. The number of hydrogen-bond acceptors (Lipinski definition) is 2. The third kappa shape index (κ3) is 0.916. The van der Waals surface area contributed by atoms with Crippen molar-refractivity contribution >= 4 is 11.0 Å². The third-order valence-electron chi connectivity index (χ3n) is 2.14. The van der Waals surface area contributed by atoms with E-state index in [1.54, 1.807) is 6.26 Å². The van der Waals surface area contributed by atoms with Gasteiger partial charge in [0.2, 0.25) is 0 Å². The molecule has 0 aliphatic carbocycles. The van der Waals surface area contributed by atoms with Crippen LogP contribution in [0.4, 0.5) is 0 Å². The highest BCUT2D eigenvalue weighted by Gasteiger charge is 2.05. The number of hydrogen-bond donors (Lipinski definition) is 0. The van der Waals surface area contributed by atoms with E-state index in [-0.39, 0.29) is 0 Å². The third-order valence-corrected chi connectivity index (χ3v) is 2.14. The van der Waals surface area contributed by atoms with Crippen LogP contribution >= 0.6 is 0 Å². The second-order valence-corrected chi connectivity index (χ2v) is 2.89. The summed E-state index contributed by atoms with van der Waals surface area (Å²) in [5, 5.41) is 1.13. The van der Waals surface area contributed by atoms with Crippen LogP contribution in [0.15, 0.2) is 22.9 Å². The Morgan fingerprint density at radius 2 is 2.33 bits per heavy atom. The Kier molecular flexibility index (Phi) is 1.61. The van der Waals surface area contributed by atoms with Crippen molar-refractivity contribution in [2.24, 2.45) is 0 Å². The van der Waals surface area contributed by atoms with Gasteiger partial charge in [-0.2, -0.15) is 0 Å². The molecule has 2 nitrogen and oxygen atoms in total. The number of aryl methyl sites for hydroxylation is 2. The predicted octanol–water partition coefficient (Wildman–Crippen LogP) is 2.70. The molecule has 0 saturated heterocycles. The standard InChI is InChI=1S/C10H11NO/c1-3-8-6-11-7(2)9-4-5-12-10(8)9/h4-6H,3H2,1-2H3. The molecule has 62 valence electrons. The summed E-state index contributed by atoms with van der Waals surface area (Å²) >= 11 is 0. The lowest BCUT2D eigenvalue weighted by Gasteiger charge is -1.98. The van der Waals surface area contributed by atoms with Crippen LogP contribution in [-0.2, 0) is 6.42 Å². The number of fused-ring (bicyclic) bond motifs is 1. The summed E-state index contributed by atoms with van der Waals surface area (Å²) in [4.78, 5) is 4.29. The van der Waals surface area contributed by atoms with Crippen molar-refractivity contribution in [3.05, 3.63) is 29.8 Å². The van der Waals surface area contributed by atoms with E-state index in [0.717, 1.165) is 23.1 Å². The molecule has 0 bridgehead atoms. The van der Waals surface area contributed by atoms with E-state index in [4.69, 9.17) is 4.42 Å². The molecular formula is C10H11NO. The van der Waals surface area contributed by atoms with Gasteiger partial charge in [0.15, 0.2) is 0 Å². The summed E-state index contributed by atoms with van der Waals surface area (Å²) in [6.07, 6.45) is 4.58. The summed E-state index contributed by atoms with van der Waals surface area (Å²) in [6, 6.07) is 1.97. The molecule has 2 heterocycles. The molecule has 2 aromatic heterocycles. The lowest BCUT2D eigenvalue weighted by Crippen LogP contribution is -1.86.